The second kappa shape index (κ2) is 38.8. The van der Waals surface area contributed by atoms with Crippen LogP contribution in [0, 0.1) is 0 Å². The summed E-state index contributed by atoms with van der Waals surface area (Å²) in [7, 11) is -10.7. The molecule has 0 amide bonds. The van der Waals surface area contributed by atoms with Crippen molar-refractivity contribution in [1.29, 1.82) is 0 Å². The van der Waals surface area contributed by atoms with Gasteiger partial charge < -0.3 is 44.6 Å². The summed E-state index contributed by atoms with van der Waals surface area (Å²) in [5.74, 6) is -1.17. The molecule has 0 bridgehead atoms. The predicted octanol–water partition coefficient (Wildman–Crippen LogP) is 8.80. The lowest BCUT2D eigenvalue weighted by Crippen LogP contribution is -2.64. The summed E-state index contributed by atoms with van der Waals surface area (Å²) >= 11 is 0. The molecule has 0 aromatic carbocycles. The zero-order valence-electron chi connectivity index (χ0n) is 40.3. The van der Waals surface area contributed by atoms with Gasteiger partial charge >= 0.3 is 27.6 Å². The number of phosphoric ester groups is 2. The predicted molar refractivity (Wildman–Crippen MR) is 260 cm³/mol. The molecule has 0 heterocycles. The second-order valence-electron chi connectivity index (χ2n) is 16.8. The van der Waals surface area contributed by atoms with Gasteiger partial charge in [-0.15, -0.1) is 0 Å². The number of phosphoric acid groups is 2. The number of rotatable bonds is 40. The van der Waals surface area contributed by atoms with Gasteiger partial charge in [-0.05, 0) is 76.7 Å². The fourth-order valence-corrected chi connectivity index (χ4v) is 8.48. The van der Waals surface area contributed by atoms with Gasteiger partial charge in [0.15, 0.2) is 11.9 Å². The molecule has 68 heavy (non-hydrogen) atoms. The number of ketones is 1. The standard InChI is InChI=1S/C49H82O17P2/c1-3-5-7-8-9-10-11-12-13-14-15-16-17-18-19-22-25-28-32-36-42(51)62-38-41(64-43(52)37-33-29-26-23-20-21-24-27-31-35-40(50)34-30-6-4-2)39-63-68(60,61)66-49-46(55)44(53)45(54)48(47(49)56)65-67(57,58)59/h5,7,9-10,12-13,15-16,24,27,31,35,41,44-49,53-56H,3-4,6,8,11,14,17-23,25-26,28-30,32-34,36-39H2,1-2H3,(H,60,61)(H2,57,58,59)/b7-5-,10-9-,13-12-,16-15-,27-24-,35-31+/t41-,44?,45?,46?,47?,48-,49+/m1/s1. The molecule has 1 aliphatic rings. The molecule has 1 fully saturated rings. The molecule has 17 nitrogen and oxygen atoms in total. The summed E-state index contributed by atoms with van der Waals surface area (Å²) in [6, 6.07) is 0. The van der Waals surface area contributed by atoms with Crippen molar-refractivity contribution in [3.63, 3.8) is 0 Å². The molecule has 1 saturated carbocycles. The highest BCUT2D eigenvalue weighted by molar-refractivity contribution is 7.47. The summed E-state index contributed by atoms with van der Waals surface area (Å²) in [5, 5.41) is 41.3. The Bertz CT molecular complexity index is 1650. The van der Waals surface area contributed by atoms with Crippen LogP contribution in [0.2, 0.25) is 0 Å². The third-order valence-corrected chi connectivity index (χ3v) is 12.2. The second-order valence-corrected chi connectivity index (χ2v) is 19.4. The summed E-state index contributed by atoms with van der Waals surface area (Å²) in [6.07, 6.45) is 28.3. The minimum Gasteiger partial charge on any atom is -0.462 e. The van der Waals surface area contributed by atoms with Crippen LogP contribution in [0.3, 0.4) is 0 Å². The molecule has 7 N–H and O–H groups in total. The van der Waals surface area contributed by atoms with Gasteiger partial charge in [0.1, 0.15) is 43.2 Å². The Hall–Kier alpha value is -2.89. The summed E-state index contributed by atoms with van der Waals surface area (Å²) in [5.41, 5.74) is 0. The Morgan fingerprint density at radius 3 is 1.60 bits per heavy atom. The molecule has 0 saturated heterocycles. The van der Waals surface area contributed by atoms with Crippen molar-refractivity contribution in [3.05, 3.63) is 72.9 Å². The average Bonchev–Trinajstić information content (AvgIpc) is 3.29. The smallest absolute Gasteiger partial charge is 0.462 e. The number of ether oxygens (including phenoxy) is 2. The van der Waals surface area contributed by atoms with Crippen LogP contribution < -0.4 is 0 Å². The zero-order chi connectivity index (χ0) is 50.5. The van der Waals surface area contributed by atoms with Gasteiger partial charge in [-0.1, -0.05) is 138 Å². The highest BCUT2D eigenvalue weighted by Gasteiger charge is 2.54. The fraction of sp³-hybridized carbons (Fsp3) is 0.694. The first-order valence-corrected chi connectivity index (χ1v) is 27.5. The Balaban J connectivity index is 2.60. The van der Waals surface area contributed by atoms with E-state index in [2.05, 4.69) is 67.0 Å². The summed E-state index contributed by atoms with van der Waals surface area (Å²) in [4.78, 5) is 66.1. The van der Waals surface area contributed by atoms with Crippen molar-refractivity contribution < 1.29 is 81.7 Å². The van der Waals surface area contributed by atoms with Crippen molar-refractivity contribution in [2.45, 2.75) is 204 Å². The zero-order valence-corrected chi connectivity index (χ0v) is 42.0. The van der Waals surface area contributed by atoms with Gasteiger partial charge in [0, 0.05) is 19.3 Å². The van der Waals surface area contributed by atoms with Crippen LogP contribution in [-0.2, 0) is 46.6 Å². The molecule has 8 atom stereocenters. The van der Waals surface area contributed by atoms with Gasteiger partial charge in [0.05, 0.1) is 6.61 Å². The highest BCUT2D eigenvalue weighted by Crippen LogP contribution is 2.49. The van der Waals surface area contributed by atoms with E-state index in [1.54, 1.807) is 12.2 Å². The Morgan fingerprint density at radius 2 is 1.03 bits per heavy atom. The summed E-state index contributed by atoms with van der Waals surface area (Å²) in [6.45, 7) is 2.80. The van der Waals surface area contributed by atoms with Crippen molar-refractivity contribution in [1.82, 2.24) is 0 Å². The van der Waals surface area contributed by atoms with E-state index < -0.39 is 83.5 Å². The van der Waals surface area contributed by atoms with E-state index >= 15 is 0 Å². The molecular formula is C49H82O17P2. The number of esters is 2. The number of hydrogen-bond donors (Lipinski definition) is 7. The highest BCUT2D eigenvalue weighted by atomic mass is 31.2. The number of unbranched alkanes of at least 4 members (excludes halogenated alkanes) is 13. The van der Waals surface area contributed by atoms with Crippen molar-refractivity contribution in [2.75, 3.05) is 13.2 Å². The number of carbonyl (C=O) groups is 3. The first kappa shape index (κ1) is 63.1. The summed E-state index contributed by atoms with van der Waals surface area (Å²) < 4.78 is 49.3. The van der Waals surface area contributed by atoms with Crippen LogP contribution in [0.5, 0.6) is 0 Å². The molecule has 5 unspecified atom stereocenters. The number of hydrogen-bond acceptors (Lipinski definition) is 14. The maximum atomic E-state index is 13.0. The number of allylic oxidation sites excluding steroid dienone is 12. The van der Waals surface area contributed by atoms with E-state index in [1.807, 2.05) is 12.2 Å². The van der Waals surface area contributed by atoms with Crippen LogP contribution in [0.4, 0.5) is 0 Å². The van der Waals surface area contributed by atoms with E-state index in [0.29, 0.717) is 25.7 Å². The van der Waals surface area contributed by atoms with Crippen molar-refractivity contribution in [2.24, 2.45) is 0 Å². The lowest BCUT2D eigenvalue weighted by atomic mass is 9.85. The van der Waals surface area contributed by atoms with E-state index in [0.717, 1.165) is 109 Å². The van der Waals surface area contributed by atoms with Crippen LogP contribution >= 0.6 is 15.6 Å². The topological polar surface area (TPSA) is 273 Å². The molecule has 19 heteroatoms. The molecule has 390 valence electrons. The maximum absolute atomic E-state index is 13.0. The van der Waals surface area contributed by atoms with E-state index in [4.69, 9.17) is 18.5 Å². The molecule has 0 aliphatic heterocycles. The minimum absolute atomic E-state index is 0.0141. The Kier molecular flexibility index (Phi) is 36.0. The number of carbonyl (C=O) groups excluding carboxylic acids is 3. The lowest BCUT2D eigenvalue weighted by Gasteiger charge is -2.43. The Labute approximate surface area is 404 Å². The van der Waals surface area contributed by atoms with Crippen LogP contribution in [-0.4, -0.2) is 109 Å². The van der Waals surface area contributed by atoms with Gasteiger partial charge in [-0.3, -0.25) is 28.0 Å². The van der Waals surface area contributed by atoms with Crippen molar-refractivity contribution >= 4 is 33.4 Å². The number of aliphatic hydroxyl groups excluding tert-OH is 4. The lowest BCUT2D eigenvalue weighted by molar-refractivity contribution is -0.216. The molecule has 1 aliphatic carbocycles. The first-order valence-electron chi connectivity index (χ1n) is 24.4. The van der Waals surface area contributed by atoms with Gasteiger partial charge in [-0.25, -0.2) is 9.13 Å². The SMILES string of the molecule is CC/C=C\C/C=C\C/C=C\C/C=C\CCCCCCCCC(=O)OC[C@H](COP(=O)(O)O[C@H]1C(O)C(O)C(O)[C@@H](OP(=O)(O)O)C1O)OC(=O)CCCCCCC/C=C\C=C\C(=O)CCCCC. The third kappa shape index (κ3) is 32.8. The van der Waals surface area contributed by atoms with Gasteiger partial charge in [-0.2, -0.15) is 0 Å². The van der Waals surface area contributed by atoms with Gasteiger partial charge in [0.25, 0.3) is 0 Å². The van der Waals surface area contributed by atoms with Crippen LogP contribution in [0.25, 0.3) is 0 Å². The van der Waals surface area contributed by atoms with Crippen LogP contribution in [0.1, 0.15) is 162 Å². The third-order valence-electron chi connectivity index (χ3n) is 10.7. The molecule has 0 aromatic rings. The molecule has 0 spiro atoms. The van der Waals surface area contributed by atoms with E-state index in [9.17, 15) is 58.6 Å². The maximum Gasteiger partial charge on any atom is 0.472 e. The molecule has 0 aromatic heterocycles. The molecular weight excluding hydrogens is 922 g/mol. The average molecular weight is 1010 g/mol. The monoisotopic (exact) mass is 1000 g/mol. The Morgan fingerprint density at radius 1 is 0.529 bits per heavy atom. The first-order chi connectivity index (χ1) is 32.5. The minimum atomic E-state index is -5.38. The fourth-order valence-electron chi connectivity index (χ4n) is 6.94. The van der Waals surface area contributed by atoms with Crippen LogP contribution in [0.15, 0.2) is 72.9 Å². The van der Waals surface area contributed by atoms with E-state index in [-0.39, 0.29) is 18.6 Å². The normalized spacial score (nSPS) is 21.8. The quantitative estimate of drug-likeness (QED) is 0.00754. The van der Waals surface area contributed by atoms with E-state index in [1.165, 1.54) is 0 Å². The molecule has 0 radical (unpaired) electrons. The largest absolute Gasteiger partial charge is 0.472 e. The number of aliphatic hydroxyl groups is 4. The van der Waals surface area contributed by atoms with Crippen molar-refractivity contribution in [3.8, 4) is 0 Å². The molecule has 1 rings (SSSR count). The van der Waals surface area contributed by atoms with Gasteiger partial charge in [0.2, 0.25) is 0 Å².